The summed E-state index contributed by atoms with van der Waals surface area (Å²) >= 11 is 0. The van der Waals surface area contributed by atoms with Gasteiger partial charge in [-0.2, -0.15) is 0 Å². The highest BCUT2D eigenvalue weighted by Crippen LogP contribution is 2.20. The SMILES string of the molecule is CC(C)C[C@@H](NC(=O)CCc1ccccn1)c1cccnc1. The third kappa shape index (κ3) is 5.28. The zero-order valence-corrected chi connectivity index (χ0v) is 13.2. The predicted molar refractivity (Wildman–Crippen MR) is 87.1 cm³/mol. The highest BCUT2D eigenvalue weighted by Gasteiger charge is 2.16. The topological polar surface area (TPSA) is 54.9 Å². The van der Waals surface area contributed by atoms with Crippen molar-refractivity contribution >= 4 is 5.91 Å². The van der Waals surface area contributed by atoms with E-state index < -0.39 is 0 Å². The van der Waals surface area contributed by atoms with Crippen LogP contribution in [0.1, 0.15) is 44.0 Å². The van der Waals surface area contributed by atoms with Crippen LogP contribution in [0.4, 0.5) is 0 Å². The lowest BCUT2D eigenvalue weighted by Gasteiger charge is -2.20. The number of amides is 1. The quantitative estimate of drug-likeness (QED) is 0.853. The Labute approximate surface area is 132 Å². The van der Waals surface area contributed by atoms with E-state index in [1.807, 2.05) is 36.5 Å². The zero-order valence-electron chi connectivity index (χ0n) is 13.2. The molecular weight excluding hydrogens is 274 g/mol. The summed E-state index contributed by atoms with van der Waals surface area (Å²) in [6.45, 7) is 4.31. The minimum atomic E-state index is 0.0185. The van der Waals surface area contributed by atoms with Crippen LogP contribution in [0, 0.1) is 5.92 Å². The van der Waals surface area contributed by atoms with Crippen molar-refractivity contribution in [2.75, 3.05) is 0 Å². The Balaban J connectivity index is 1.93. The largest absolute Gasteiger partial charge is 0.349 e. The Morgan fingerprint density at radius 3 is 2.68 bits per heavy atom. The van der Waals surface area contributed by atoms with Gasteiger partial charge in [0, 0.05) is 30.7 Å². The first-order valence-corrected chi connectivity index (χ1v) is 7.74. The number of rotatable bonds is 7. The van der Waals surface area contributed by atoms with Gasteiger partial charge in [0.05, 0.1) is 6.04 Å². The van der Waals surface area contributed by atoms with Gasteiger partial charge in [-0.25, -0.2) is 0 Å². The monoisotopic (exact) mass is 297 g/mol. The first-order chi connectivity index (χ1) is 10.6. The minimum Gasteiger partial charge on any atom is -0.349 e. The van der Waals surface area contributed by atoms with Gasteiger partial charge in [-0.05, 0) is 42.5 Å². The maximum atomic E-state index is 12.2. The normalized spacial score (nSPS) is 12.1. The van der Waals surface area contributed by atoms with Crippen LogP contribution in [0.2, 0.25) is 0 Å². The molecule has 0 aliphatic heterocycles. The summed E-state index contributed by atoms with van der Waals surface area (Å²) in [4.78, 5) is 20.6. The molecule has 0 spiro atoms. The molecule has 0 aliphatic rings. The fourth-order valence-corrected chi connectivity index (χ4v) is 2.39. The second-order valence-corrected chi connectivity index (χ2v) is 5.86. The number of nitrogens with zero attached hydrogens (tertiary/aromatic N) is 2. The van der Waals surface area contributed by atoms with Gasteiger partial charge in [0.25, 0.3) is 0 Å². The molecule has 1 atom stereocenters. The van der Waals surface area contributed by atoms with E-state index in [9.17, 15) is 4.79 Å². The zero-order chi connectivity index (χ0) is 15.8. The summed E-state index contributed by atoms with van der Waals surface area (Å²) in [6.07, 6.45) is 7.34. The summed E-state index contributed by atoms with van der Waals surface area (Å²) in [5.74, 6) is 0.557. The van der Waals surface area contributed by atoms with Crippen LogP contribution in [-0.2, 0) is 11.2 Å². The molecule has 0 unspecified atom stereocenters. The molecule has 0 fully saturated rings. The minimum absolute atomic E-state index is 0.0185. The number of hydrogen-bond acceptors (Lipinski definition) is 3. The highest BCUT2D eigenvalue weighted by atomic mass is 16.1. The van der Waals surface area contributed by atoms with E-state index in [0.29, 0.717) is 18.8 Å². The van der Waals surface area contributed by atoms with Crippen LogP contribution < -0.4 is 5.32 Å². The van der Waals surface area contributed by atoms with Crippen LogP contribution in [0.15, 0.2) is 48.9 Å². The van der Waals surface area contributed by atoms with Gasteiger partial charge < -0.3 is 5.32 Å². The second-order valence-electron chi connectivity index (χ2n) is 5.86. The van der Waals surface area contributed by atoms with Crippen LogP contribution in [-0.4, -0.2) is 15.9 Å². The Hall–Kier alpha value is -2.23. The van der Waals surface area contributed by atoms with E-state index >= 15 is 0 Å². The van der Waals surface area contributed by atoms with Crippen LogP contribution >= 0.6 is 0 Å². The van der Waals surface area contributed by atoms with Crippen molar-refractivity contribution in [3.05, 3.63) is 60.2 Å². The predicted octanol–water partition coefficient (Wildman–Crippen LogP) is 3.31. The van der Waals surface area contributed by atoms with Gasteiger partial charge in [-0.3, -0.25) is 14.8 Å². The molecule has 0 aliphatic carbocycles. The molecule has 0 bridgehead atoms. The lowest BCUT2D eigenvalue weighted by molar-refractivity contribution is -0.121. The number of carbonyl (C=O) groups is 1. The molecule has 0 saturated carbocycles. The van der Waals surface area contributed by atoms with Crippen LogP contribution in [0.3, 0.4) is 0 Å². The summed E-state index contributed by atoms with van der Waals surface area (Å²) < 4.78 is 0. The van der Waals surface area contributed by atoms with Gasteiger partial charge in [-0.1, -0.05) is 26.0 Å². The van der Waals surface area contributed by atoms with Crippen molar-refractivity contribution in [3.63, 3.8) is 0 Å². The van der Waals surface area contributed by atoms with Gasteiger partial charge in [-0.15, -0.1) is 0 Å². The van der Waals surface area contributed by atoms with Crippen molar-refractivity contribution in [2.24, 2.45) is 5.92 Å². The molecule has 4 heteroatoms. The van der Waals surface area contributed by atoms with Crippen molar-refractivity contribution in [1.82, 2.24) is 15.3 Å². The fraction of sp³-hybridized carbons (Fsp3) is 0.389. The molecule has 22 heavy (non-hydrogen) atoms. The number of carbonyl (C=O) groups excluding carboxylic acids is 1. The van der Waals surface area contributed by atoms with E-state index in [1.165, 1.54) is 0 Å². The maximum Gasteiger partial charge on any atom is 0.220 e. The van der Waals surface area contributed by atoms with E-state index in [4.69, 9.17) is 0 Å². The second kappa shape index (κ2) is 8.27. The van der Waals surface area contributed by atoms with Crippen molar-refractivity contribution in [3.8, 4) is 0 Å². The average Bonchev–Trinajstić information content (AvgIpc) is 2.54. The van der Waals surface area contributed by atoms with E-state index in [1.54, 1.807) is 12.4 Å². The number of pyridine rings is 2. The fourth-order valence-electron chi connectivity index (χ4n) is 2.39. The molecule has 2 aromatic heterocycles. The molecule has 4 nitrogen and oxygen atoms in total. The standard InChI is InChI=1S/C18H23N3O/c1-14(2)12-17(15-6-5-10-19-13-15)21-18(22)9-8-16-7-3-4-11-20-16/h3-7,10-11,13-14,17H,8-9,12H2,1-2H3,(H,21,22)/t17-/m1/s1. The summed E-state index contributed by atoms with van der Waals surface area (Å²) in [5.41, 5.74) is 2.00. The molecule has 0 saturated heterocycles. The molecule has 2 aromatic rings. The van der Waals surface area contributed by atoms with Crippen molar-refractivity contribution < 1.29 is 4.79 Å². The number of hydrogen-bond donors (Lipinski definition) is 1. The molecule has 2 rings (SSSR count). The Kier molecular flexibility index (Phi) is 6.07. The molecule has 0 radical (unpaired) electrons. The number of nitrogens with one attached hydrogen (secondary N) is 1. The molecule has 1 amide bonds. The third-order valence-electron chi connectivity index (χ3n) is 3.46. The van der Waals surface area contributed by atoms with Crippen LogP contribution in [0.5, 0.6) is 0 Å². The summed E-state index contributed by atoms with van der Waals surface area (Å²) in [7, 11) is 0. The Morgan fingerprint density at radius 2 is 2.05 bits per heavy atom. The molecule has 0 aromatic carbocycles. The van der Waals surface area contributed by atoms with Gasteiger partial charge >= 0.3 is 0 Å². The first-order valence-electron chi connectivity index (χ1n) is 7.74. The average molecular weight is 297 g/mol. The van der Waals surface area contributed by atoms with Crippen molar-refractivity contribution in [1.29, 1.82) is 0 Å². The van der Waals surface area contributed by atoms with E-state index in [-0.39, 0.29) is 11.9 Å². The summed E-state index contributed by atoms with van der Waals surface area (Å²) in [6, 6.07) is 9.70. The number of aryl methyl sites for hydroxylation is 1. The lowest BCUT2D eigenvalue weighted by atomic mass is 9.98. The summed E-state index contributed by atoms with van der Waals surface area (Å²) in [5, 5.41) is 3.13. The van der Waals surface area contributed by atoms with E-state index in [2.05, 4.69) is 29.1 Å². The highest BCUT2D eigenvalue weighted by molar-refractivity contribution is 5.76. The van der Waals surface area contributed by atoms with Gasteiger partial charge in [0.1, 0.15) is 0 Å². The lowest BCUT2D eigenvalue weighted by Crippen LogP contribution is -2.29. The van der Waals surface area contributed by atoms with Gasteiger partial charge in [0.15, 0.2) is 0 Å². The Bertz CT molecular complexity index is 569. The molecular formula is C18H23N3O. The molecule has 1 N–H and O–H groups in total. The third-order valence-corrected chi connectivity index (χ3v) is 3.46. The smallest absolute Gasteiger partial charge is 0.220 e. The molecule has 116 valence electrons. The number of aromatic nitrogens is 2. The van der Waals surface area contributed by atoms with Crippen molar-refractivity contribution in [2.45, 2.75) is 39.2 Å². The van der Waals surface area contributed by atoms with Gasteiger partial charge in [0.2, 0.25) is 5.91 Å². The van der Waals surface area contributed by atoms with Crippen LogP contribution in [0.25, 0.3) is 0 Å². The Morgan fingerprint density at radius 1 is 1.18 bits per heavy atom. The maximum absolute atomic E-state index is 12.2. The first kappa shape index (κ1) is 16.1. The van der Waals surface area contributed by atoms with E-state index in [0.717, 1.165) is 17.7 Å². The molecule has 2 heterocycles.